The first-order valence-corrected chi connectivity index (χ1v) is 9.22. The second kappa shape index (κ2) is 6.73. The minimum absolute atomic E-state index is 0.00189. The van der Waals surface area contributed by atoms with E-state index in [1.165, 1.54) is 12.8 Å². The number of hydrogen-bond donors (Lipinski definition) is 2. The van der Waals surface area contributed by atoms with Crippen LogP contribution in [-0.4, -0.2) is 35.0 Å². The number of ether oxygens (including phenoxy) is 1. The molecule has 0 spiro atoms. The molecule has 1 aliphatic heterocycles. The van der Waals surface area contributed by atoms with E-state index < -0.39 is 0 Å². The first-order chi connectivity index (χ1) is 10.9. The van der Waals surface area contributed by atoms with Crippen LogP contribution in [0, 0.1) is 5.92 Å². The molecule has 2 atom stereocenters. The first-order valence-electron chi connectivity index (χ1n) is 8.40. The lowest BCUT2D eigenvalue weighted by Gasteiger charge is -2.30. The lowest BCUT2D eigenvalue weighted by atomic mass is 9.98. The number of carbonyl (C=O) groups excluding carboxylic acids is 1. The number of nitrogens with one attached hydrogen (secondary N) is 2. The maximum atomic E-state index is 12.1. The molecule has 3 rings (SSSR count). The molecule has 0 aromatic carbocycles. The summed E-state index contributed by atoms with van der Waals surface area (Å²) in [4.78, 5) is 12.1. The highest BCUT2D eigenvalue weighted by Gasteiger charge is 2.36. The molecule has 2 amide bonds. The normalized spacial score (nSPS) is 25.2. The van der Waals surface area contributed by atoms with Crippen molar-refractivity contribution in [1.29, 1.82) is 0 Å². The van der Waals surface area contributed by atoms with E-state index in [0.717, 1.165) is 35.4 Å². The van der Waals surface area contributed by atoms with Crippen LogP contribution in [0.15, 0.2) is 0 Å². The van der Waals surface area contributed by atoms with Gasteiger partial charge < -0.3 is 15.4 Å². The lowest BCUT2D eigenvalue weighted by Crippen LogP contribution is -2.46. The van der Waals surface area contributed by atoms with Gasteiger partial charge in [-0.1, -0.05) is 32.1 Å². The van der Waals surface area contributed by atoms with E-state index in [4.69, 9.17) is 4.74 Å². The summed E-state index contributed by atoms with van der Waals surface area (Å²) in [5.41, 5.74) is -0.00189. The number of hydrogen-bond acceptors (Lipinski definition) is 5. The van der Waals surface area contributed by atoms with E-state index in [1.807, 2.05) is 0 Å². The van der Waals surface area contributed by atoms with Gasteiger partial charge in [0, 0.05) is 18.1 Å². The van der Waals surface area contributed by atoms with E-state index in [-0.39, 0.29) is 17.5 Å². The number of rotatable bonds is 4. The highest BCUT2D eigenvalue weighted by Crippen LogP contribution is 2.38. The lowest BCUT2D eigenvalue weighted by molar-refractivity contribution is -0.00914. The zero-order valence-corrected chi connectivity index (χ0v) is 14.9. The largest absolute Gasteiger partial charge is 0.378 e. The average Bonchev–Trinajstić information content (AvgIpc) is 3.22. The number of nitrogens with zero attached hydrogens (tertiary/aromatic N) is 2. The SMILES string of the molecule is CC(C)(C)c1nnc(CNC(=O)N[C@H]2CCO[C@@H](C3CC3)C2)s1. The van der Waals surface area contributed by atoms with E-state index in [1.54, 1.807) is 11.3 Å². The Labute approximate surface area is 141 Å². The number of carbonyl (C=O) groups is 1. The third-order valence-corrected chi connectivity index (χ3v) is 5.66. The summed E-state index contributed by atoms with van der Waals surface area (Å²) in [5, 5.41) is 16.1. The highest BCUT2D eigenvalue weighted by molar-refractivity contribution is 7.11. The first kappa shape index (κ1) is 16.6. The molecule has 1 aromatic rings. The van der Waals surface area contributed by atoms with Crippen LogP contribution in [0.2, 0.25) is 0 Å². The number of amides is 2. The summed E-state index contributed by atoms with van der Waals surface area (Å²) in [6.45, 7) is 7.50. The Balaban J connectivity index is 1.43. The quantitative estimate of drug-likeness (QED) is 0.885. The van der Waals surface area contributed by atoms with Crippen molar-refractivity contribution in [3.63, 3.8) is 0 Å². The topological polar surface area (TPSA) is 76.1 Å². The monoisotopic (exact) mass is 338 g/mol. The Morgan fingerprint density at radius 1 is 1.30 bits per heavy atom. The van der Waals surface area contributed by atoms with Crippen molar-refractivity contribution in [2.75, 3.05) is 6.61 Å². The van der Waals surface area contributed by atoms with Crippen LogP contribution in [0.3, 0.4) is 0 Å². The summed E-state index contributed by atoms with van der Waals surface area (Å²) in [5.74, 6) is 0.722. The molecule has 2 N–H and O–H groups in total. The Bertz CT molecular complexity index is 551. The number of aromatic nitrogens is 2. The molecule has 1 saturated carbocycles. The van der Waals surface area contributed by atoms with Gasteiger partial charge in [-0.3, -0.25) is 0 Å². The Morgan fingerprint density at radius 2 is 2.09 bits per heavy atom. The molecule has 0 unspecified atom stereocenters. The van der Waals surface area contributed by atoms with Gasteiger partial charge in [-0.15, -0.1) is 10.2 Å². The summed E-state index contributed by atoms with van der Waals surface area (Å²) < 4.78 is 5.79. The fourth-order valence-corrected chi connectivity index (χ4v) is 3.61. The van der Waals surface area contributed by atoms with Crippen molar-refractivity contribution in [1.82, 2.24) is 20.8 Å². The fourth-order valence-electron chi connectivity index (χ4n) is 2.78. The van der Waals surface area contributed by atoms with Crippen LogP contribution < -0.4 is 10.6 Å². The summed E-state index contributed by atoms with van der Waals surface area (Å²) in [6, 6.07) is 0.0906. The molecule has 6 nitrogen and oxygen atoms in total. The van der Waals surface area contributed by atoms with Gasteiger partial charge in [-0.05, 0) is 31.6 Å². The van der Waals surface area contributed by atoms with Gasteiger partial charge in [-0.25, -0.2) is 4.79 Å². The molecular formula is C16H26N4O2S. The minimum Gasteiger partial charge on any atom is -0.378 e. The molecule has 1 aromatic heterocycles. The fraction of sp³-hybridized carbons (Fsp3) is 0.812. The molecule has 2 fully saturated rings. The number of urea groups is 1. The maximum absolute atomic E-state index is 12.1. The summed E-state index contributed by atoms with van der Waals surface area (Å²) >= 11 is 1.56. The molecule has 23 heavy (non-hydrogen) atoms. The smallest absolute Gasteiger partial charge is 0.315 e. The third-order valence-electron chi connectivity index (χ3n) is 4.31. The van der Waals surface area contributed by atoms with Crippen molar-refractivity contribution in [2.45, 2.75) is 70.6 Å². The molecule has 128 valence electrons. The van der Waals surface area contributed by atoms with Gasteiger partial charge >= 0.3 is 6.03 Å². The Kier molecular flexibility index (Phi) is 4.87. The van der Waals surface area contributed by atoms with Gasteiger partial charge in [-0.2, -0.15) is 0 Å². The third kappa shape index (κ3) is 4.64. The Morgan fingerprint density at radius 3 is 2.74 bits per heavy atom. The average molecular weight is 338 g/mol. The van der Waals surface area contributed by atoms with Crippen LogP contribution in [-0.2, 0) is 16.7 Å². The minimum atomic E-state index is -0.126. The second-order valence-electron chi connectivity index (χ2n) is 7.55. The van der Waals surface area contributed by atoms with Gasteiger partial charge in [0.05, 0.1) is 12.6 Å². The van der Waals surface area contributed by atoms with Gasteiger partial charge in [0.15, 0.2) is 0 Å². The van der Waals surface area contributed by atoms with Crippen molar-refractivity contribution in [2.24, 2.45) is 5.92 Å². The predicted molar refractivity (Wildman–Crippen MR) is 89.5 cm³/mol. The van der Waals surface area contributed by atoms with Crippen molar-refractivity contribution in [3.8, 4) is 0 Å². The van der Waals surface area contributed by atoms with E-state index in [2.05, 4.69) is 41.6 Å². The van der Waals surface area contributed by atoms with Crippen LogP contribution in [0.25, 0.3) is 0 Å². The standard InChI is InChI=1S/C16H26N4O2S/c1-16(2,3)14-20-19-13(23-14)9-17-15(21)18-11-6-7-22-12(8-11)10-4-5-10/h10-12H,4-9H2,1-3H3,(H2,17,18,21)/t11-,12+/m0/s1. The van der Waals surface area contributed by atoms with E-state index in [0.29, 0.717) is 12.6 Å². The zero-order chi connectivity index (χ0) is 16.4. The van der Waals surface area contributed by atoms with Crippen LogP contribution in [0.1, 0.15) is 56.5 Å². The molecule has 1 saturated heterocycles. The predicted octanol–water partition coefficient (Wildman–Crippen LogP) is 2.59. The van der Waals surface area contributed by atoms with E-state index >= 15 is 0 Å². The summed E-state index contributed by atoms with van der Waals surface area (Å²) in [6.07, 6.45) is 4.72. The molecule has 1 aliphatic carbocycles. The molecular weight excluding hydrogens is 312 g/mol. The molecule has 0 radical (unpaired) electrons. The van der Waals surface area contributed by atoms with Crippen LogP contribution in [0.4, 0.5) is 4.79 Å². The van der Waals surface area contributed by atoms with E-state index in [9.17, 15) is 4.79 Å². The van der Waals surface area contributed by atoms with Crippen molar-refractivity contribution in [3.05, 3.63) is 10.0 Å². The zero-order valence-electron chi connectivity index (χ0n) is 14.1. The van der Waals surface area contributed by atoms with Gasteiger partial charge in [0.1, 0.15) is 10.0 Å². The molecule has 2 heterocycles. The van der Waals surface area contributed by atoms with Crippen molar-refractivity contribution >= 4 is 17.4 Å². The van der Waals surface area contributed by atoms with Crippen LogP contribution in [0.5, 0.6) is 0 Å². The van der Waals surface area contributed by atoms with Crippen LogP contribution >= 0.6 is 11.3 Å². The molecule has 0 bridgehead atoms. The van der Waals surface area contributed by atoms with Crippen molar-refractivity contribution < 1.29 is 9.53 Å². The highest BCUT2D eigenvalue weighted by atomic mass is 32.1. The van der Waals surface area contributed by atoms with Gasteiger partial charge in [0.25, 0.3) is 0 Å². The Hall–Kier alpha value is -1.21. The van der Waals surface area contributed by atoms with Gasteiger partial charge in [0.2, 0.25) is 0 Å². The second-order valence-corrected chi connectivity index (χ2v) is 8.61. The maximum Gasteiger partial charge on any atom is 0.315 e. The summed E-state index contributed by atoms with van der Waals surface area (Å²) in [7, 11) is 0. The molecule has 7 heteroatoms. The molecule has 2 aliphatic rings.